The number of nitrogens with one attached hydrogen (secondary N) is 1. The first-order chi connectivity index (χ1) is 9.17. The zero-order valence-corrected chi connectivity index (χ0v) is 11.7. The Morgan fingerprint density at radius 2 is 2.05 bits per heavy atom. The van der Waals surface area contributed by atoms with E-state index in [1.807, 2.05) is 24.6 Å². The molecule has 0 fully saturated rings. The molecule has 6 nitrogen and oxygen atoms in total. The molecule has 0 spiro atoms. The minimum absolute atomic E-state index is 0.229. The van der Waals surface area contributed by atoms with Crippen LogP contribution in [0.15, 0.2) is 18.5 Å². The molecular formula is C12H16ClN5O. The summed E-state index contributed by atoms with van der Waals surface area (Å²) in [4.78, 5) is 12.1. The van der Waals surface area contributed by atoms with Crippen molar-refractivity contribution < 1.29 is 4.79 Å². The summed E-state index contributed by atoms with van der Waals surface area (Å²) < 4.78 is 3.41. The Kier molecular flexibility index (Phi) is 4.21. The Morgan fingerprint density at radius 3 is 2.74 bits per heavy atom. The van der Waals surface area contributed by atoms with E-state index in [0.29, 0.717) is 23.8 Å². The lowest BCUT2D eigenvalue weighted by molar-refractivity contribution is 0.0939. The maximum Gasteiger partial charge on any atom is 0.271 e. The van der Waals surface area contributed by atoms with Gasteiger partial charge in [-0.15, -0.1) is 0 Å². The van der Waals surface area contributed by atoms with Gasteiger partial charge in [0.2, 0.25) is 0 Å². The van der Waals surface area contributed by atoms with E-state index >= 15 is 0 Å². The summed E-state index contributed by atoms with van der Waals surface area (Å²) in [6.45, 7) is 5.69. The van der Waals surface area contributed by atoms with Crippen LogP contribution in [-0.4, -0.2) is 25.5 Å². The number of carbonyl (C=O) groups excluding carboxylic acids is 1. The van der Waals surface area contributed by atoms with E-state index in [2.05, 4.69) is 15.5 Å². The predicted molar refractivity (Wildman–Crippen MR) is 72.0 cm³/mol. The summed E-state index contributed by atoms with van der Waals surface area (Å²) >= 11 is 5.98. The van der Waals surface area contributed by atoms with Gasteiger partial charge in [0.15, 0.2) is 0 Å². The van der Waals surface area contributed by atoms with Crippen LogP contribution in [0.1, 0.15) is 30.0 Å². The molecule has 0 saturated carbocycles. The van der Waals surface area contributed by atoms with Crippen molar-refractivity contribution in [3.8, 4) is 0 Å². The number of carbonyl (C=O) groups is 1. The molecule has 102 valence electrons. The third-order valence-electron chi connectivity index (χ3n) is 2.84. The number of hydrogen-bond acceptors (Lipinski definition) is 3. The van der Waals surface area contributed by atoms with E-state index in [0.717, 1.165) is 12.2 Å². The van der Waals surface area contributed by atoms with Crippen molar-refractivity contribution in [3.63, 3.8) is 0 Å². The molecule has 0 bridgehead atoms. The number of hydrogen-bond donors (Lipinski definition) is 1. The fraction of sp³-hybridized carbons (Fsp3) is 0.417. The smallest absolute Gasteiger partial charge is 0.271 e. The first kappa shape index (κ1) is 13.6. The standard InChI is InChI=1S/C12H16ClN5O/c1-3-17-9(5-6-15-17)7-14-12(19)11-10(13)8-16-18(11)4-2/h5-6,8H,3-4,7H2,1-2H3,(H,14,19). The fourth-order valence-electron chi connectivity index (χ4n) is 1.88. The summed E-state index contributed by atoms with van der Waals surface area (Å²) in [5, 5.41) is 11.4. The van der Waals surface area contributed by atoms with Gasteiger partial charge in [-0.3, -0.25) is 14.2 Å². The minimum atomic E-state index is -0.229. The van der Waals surface area contributed by atoms with E-state index in [9.17, 15) is 4.79 Å². The highest BCUT2D eigenvalue weighted by Gasteiger charge is 2.16. The molecular weight excluding hydrogens is 266 g/mol. The molecule has 0 aliphatic heterocycles. The van der Waals surface area contributed by atoms with Crippen LogP contribution < -0.4 is 5.32 Å². The van der Waals surface area contributed by atoms with Crippen LogP contribution >= 0.6 is 11.6 Å². The van der Waals surface area contributed by atoms with Crippen molar-refractivity contribution in [1.29, 1.82) is 0 Å². The fourth-order valence-corrected chi connectivity index (χ4v) is 2.10. The maximum absolute atomic E-state index is 12.1. The van der Waals surface area contributed by atoms with Gasteiger partial charge in [-0.05, 0) is 19.9 Å². The molecule has 2 rings (SSSR count). The molecule has 2 aromatic heterocycles. The Bertz CT molecular complexity index is 574. The molecule has 2 heterocycles. The summed E-state index contributed by atoms with van der Waals surface area (Å²) in [5.41, 5.74) is 1.35. The second-order valence-electron chi connectivity index (χ2n) is 3.98. The molecule has 0 aliphatic rings. The Morgan fingerprint density at radius 1 is 1.32 bits per heavy atom. The van der Waals surface area contributed by atoms with Gasteiger partial charge in [-0.2, -0.15) is 10.2 Å². The molecule has 2 aromatic rings. The van der Waals surface area contributed by atoms with Gasteiger partial charge in [-0.25, -0.2) is 0 Å². The van der Waals surface area contributed by atoms with E-state index in [4.69, 9.17) is 11.6 Å². The van der Waals surface area contributed by atoms with Crippen molar-refractivity contribution in [2.45, 2.75) is 33.5 Å². The SMILES string of the molecule is CCn1nccc1CNC(=O)c1c(Cl)cnn1CC. The highest BCUT2D eigenvalue weighted by atomic mass is 35.5. The van der Waals surface area contributed by atoms with Gasteiger partial charge in [0.25, 0.3) is 5.91 Å². The largest absolute Gasteiger partial charge is 0.345 e. The number of halogens is 1. The van der Waals surface area contributed by atoms with Gasteiger partial charge < -0.3 is 5.32 Å². The van der Waals surface area contributed by atoms with Crippen molar-refractivity contribution in [3.05, 3.63) is 34.9 Å². The van der Waals surface area contributed by atoms with Crippen LogP contribution in [-0.2, 0) is 19.6 Å². The number of amides is 1. The quantitative estimate of drug-likeness (QED) is 0.907. The highest BCUT2D eigenvalue weighted by molar-refractivity contribution is 6.33. The monoisotopic (exact) mass is 281 g/mol. The van der Waals surface area contributed by atoms with Crippen molar-refractivity contribution in [1.82, 2.24) is 24.9 Å². The van der Waals surface area contributed by atoms with Crippen LogP contribution in [0.5, 0.6) is 0 Å². The van der Waals surface area contributed by atoms with E-state index in [1.54, 1.807) is 10.9 Å². The molecule has 0 aromatic carbocycles. The van der Waals surface area contributed by atoms with Crippen LogP contribution in [0.3, 0.4) is 0 Å². The molecule has 1 amide bonds. The van der Waals surface area contributed by atoms with Crippen LogP contribution in [0, 0.1) is 0 Å². The predicted octanol–water partition coefficient (Wildman–Crippen LogP) is 1.70. The van der Waals surface area contributed by atoms with E-state index in [1.165, 1.54) is 6.20 Å². The molecule has 0 unspecified atom stereocenters. The first-order valence-electron chi connectivity index (χ1n) is 6.17. The molecule has 0 atom stereocenters. The Labute approximate surface area is 116 Å². The summed E-state index contributed by atoms with van der Waals surface area (Å²) in [6, 6.07) is 1.88. The number of aryl methyl sites for hydroxylation is 2. The zero-order chi connectivity index (χ0) is 13.8. The number of aromatic nitrogens is 4. The van der Waals surface area contributed by atoms with Crippen molar-refractivity contribution in [2.24, 2.45) is 0 Å². The normalized spacial score (nSPS) is 10.7. The van der Waals surface area contributed by atoms with Crippen LogP contribution in [0.4, 0.5) is 0 Å². The molecule has 0 aliphatic carbocycles. The molecule has 0 saturated heterocycles. The lowest BCUT2D eigenvalue weighted by Crippen LogP contribution is -2.27. The third-order valence-corrected chi connectivity index (χ3v) is 3.12. The second-order valence-corrected chi connectivity index (χ2v) is 4.39. The summed E-state index contributed by atoms with van der Waals surface area (Å²) in [5.74, 6) is -0.229. The topological polar surface area (TPSA) is 64.7 Å². The summed E-state index contributed by atoms with van der Waals surface area (Å²) in [6.07, 6.45) is 3.20. The zero-order valence-electron chi connectivity index (χ0n) is 10.9. The van der Waals surface area contributed by atoms with Crippen LogP contribution in [0.2, 0.25) is 5.02 Å². The molecule has 0 radical (unpaired) electrons. The first-order valence-corrected chi connectivity index (χ1v) is 6.55. The third kappa shape index (κ3) is 2.78. The van der Waals surface area contributed by atoms with Gasteiger partial charge >= 0.3 is 0 Å². The van der Waals surface area contributed by atoms with Crippen molar-refractivity contribution in [2.75, 3.05) is 0 Å². The second kappa shape index (κ2) is 5.88. The number of nitrogens with zero attached hydrogens (tertiary/aromatic N) is 4. The lowest BCUT2D eigenvalue weighted by atomic mass is 10.3. The van der Waals surface area contributed by atoms with E-state index in [-0.39, 0.29) is 5.91 Å². The van der Waals surface area contributed by atoms with Gasteiger partial charge in [0.1, 0.15) is 5.69 Å². The lowest BCUT2D eigenvalue weighted by Gasteiger charge is -2.08. The average molecular weight is 282 g/mol. The molecule has 1 N–H and O–H groups in total. The highest BCUT2D eigenvalue weighted by Crippen LogP contribution is 2.15. The van der Waals surface area contributed by atoms with Crippen LogP contribution in [0.25, 0.3) is 0 Å². The summed E-state index contributed by atoms with van der Waals surface area (Å²) in [7, 11) is 0. The van der Waals surface area contributed by atoms with E-state index < -0.39 is 0 Å². The van der Waals surface area contributed by atoms with Gasteiger partial charge in [0.05, 0.1) is 23.5 Å². The maximum atomic E-state index is 12.1. The van der Waals surface area contributed by atoms with Gasteiger partial charge in [0, 0.05) is 19.3 Å². The average Bonchev–Trinajstić information content (AvgIpc) is 3.01. The Hall–Kier alpha value is -1.82. The molecule has 7 heteroatoms. The Balaban J connectivity index is 2.07. The number of rotatable bonds is 5. The molecule has 19 heavy (non-hydrogen) atoms. The minimum Gasteiger partial charge on any atom is -0.345 e. The van der Waals surface area contributed by atoms with Gasteiger partial charge in [-0.1, -0.05) is 11.6 Å². The van der Waals surface area contributed by atoms with Crippen molar-refractivity contribution >= 4 is 17.5 Å².